The third-order valence-corrected chi connectivity index (χ3v) is 1.87. The lowest BCUT2D eigenvalue weighted by molar-refractivity contribution is 0.157. The van der Waals surface area contributed by atoms with Gasteiger partial charge in [0.05, 0.1) is 11.9 Å². The number of likely N-dealkylation sites (N-methyl/N-ethyl adjacent to an activating group) is 1. The Morgan fingerprint density at radius 3 is 2.93 bits per heavy atom. The fourth-order valence-corrected chi connectivity index (χ4v) is 0.957. The predicted octanol–water partition coefficient (Wildman–Crippen LogP) is 0.685. The van der Waals surface area contributed by atoms with Crippen LogP contribution in [0.15, 0.2) is 18.3 Å². The maximum absolute atomic E-state index is 10.5. The van der Waals surface area contributed by atoms with Crippen LogP contribution >= 0.6 is 0 Å². The second kappa shape index (κ2) is 5.04. The van der Waals surface area contributed by atoms with Gasteiger partial charge in [0.2, 0.25) is 0 Å². The van der Waals surface area contributed by atoms with E-state index in [1.54, 1.807) is 18.3 Å². The fourth-order valence-electron chi connectivity index (χ4n) is 0.957. The van der Waals surface area contributed by atoms with Crippen LogP contribution in [-0.2, 0) is 0 Å². The van der Waals surface area contributed by atoms with Crippen molar-refractivity contribution in [3.63, 3.8) is 0 Å². The molecular weight excluding hydrogens is 196 g/mol. The van der Waals surface area contributed by atoms with Crippen LogP contribution in [0.1, 0.15) is 0 Å². The van der Waals surface area contributed by atoms with Crippen LogP contribution in [0.3, 0.4) is 0 Å². The average Bonchev–Trinajstić information content (AvgIpc) is 2.20. The topological polar surface area (TPSA) is 91.5 Å². The second-order valence-corrected chi connectivity index (χ2v) is 3.11. The molecule has 4 N–H and O–H groups in total. The van der Waals surface area contributed by atoms with E-state index in [9.17, 15) is 4.79 Å². The number of nitrogen functional groups attached to an aromatic ring is 1. The number of nitrogens with zero attached hydrogens (tertiary/aromatic N) is 2. The monoisotopic (exact) mass is 210 g/mol. The zero-order valence-electron chi connectivity index (χ0n) is 8.47. The highest BCUT2D eigenvalue weighted by Crippen LogP contribution is 2.04. The Labute approximate surface area is 87.7 Å². The number of carbonyl (C=O) groups is 1. The highest BCUT2D eigenvalue weighted by atomic mass is 16.4. The molecule has 0 spiro atoms. The van der Waals surface area contributed by atoms with Gasteiger partial charge in [-0.3, -0.25) is 0 Å². The number of amides is 1. The molecule has 0 bridgehead atoms. The third-order valence-electron chi connectivity index (χ3n) is 1.87. The number of aromatic nitrogens is 1. The molecule has 0 aromatic carbocycles. The molecule has 1 heterocycles. The van der Waals surface area contributed by atoms with E-state index in [1.807, 2.05) is 0 Å². The van der Waals surface area contributed by atoms with Crippen LogP contribution in [0.5, 0.6) is 0 Å². The zero-order chi connectivity index (χ0) is 11.3. The molecule has 1 rings (SSSR count). The molecule has 0 fully saturated rings. The van der Waals surface area contributed by atoms with Crippen LogP contribution in [-0.4, -0.2) is 41.2 Å². The first-order valence-corrected chi connectivity index (χ1v) is 4.49. The Balaban J connectivity index is 2.32. The summed E-state index contributed by atoms with van der Waals surface area (Å²) in [5.74, 6) is 0.683. The largest absolute Gasteiger partial charge is 0.465 e. The maximum atomic E-state index is 10.5. The SMILES string of the molecule is CN(CCNc1ccc(N)cn1)C(=O)O. The summed E-state index contributed by atoms with van der Waals surface area (Å²) in [5, 5.41) is 11.6. The normalized spacial score (nSPS) is 9.67. The Morgan fingerprint density at radius 2 is 2.40 bits per heavy atom. The van der Waals surface area contributed by atoms with Crippen LogP contribution in [0.2, 0.25) is 0 Å². The van der Waals surface area contributed by atoms with E-state index in [0.717, 1.165) is 0 Å². The molecule has 0 atom stereocenters. The van der Waals surface area contributed by atoms with E-state index in [0.29, 0.717) is 24.6 Å². The quantitative estimate of drug-likeness (QED) is 0.680. The summed E-state index contributed by atoms with van der Waals surface area (Å²) in [6.45, 7) is 0.918. The molecule has 1 aromatic heterocycles. The first kappa shape index (κ1) is 11.1. The van der Waals surface area contributed by atoms with Gasteiger partial charge in [0.15, 0.2) is 0 Å². The first-order chi connectivity index (χ1) is 7.09. The van der Waals surface area contributed by atoms with E-state index in [4.69, 9.17) is 10.8 Å². The smallest absolute Gasteiger partial charge is 0.407 e. The van der Waals surface area contributed by atoms with Gasteiger partial charge in [-0.15, -0.1) is 0 Å². The molecule has 0 radical (unpaired) electrons. The summed E-state index contributed by atoms with van der Waals surface area (Å²) >= 11 is 0. The number of rotatable bonds is 4. The lowest BCUT2D eigenvalue weighted by Gasteiger charge is -2.13. The molecule has 0 saturated heterocycles. The Bertz CT molecular complexity index is 325. The van der Waals surface area contributed by atoms with Crippen molar-refractivity contribution in [3.8, 4) is 0 Å². The molecule has 15 heavy (non-hydrogen) atoms. The van der Waals surface area contributed by atoms with Crippen molar-refractivity contribution in [1.82, 2.24) is 9.88 Å². The number of hydrogen-bond acceptors (Lipinski definition) is 4. The van der Waals surface area contributed by atoms with Gasteiger partial charge < -0.3 is 21.1 Å². The standard InChI is InChI=1S/C9H14N4O2/c1-13(9(14)15)5-4-11-8-3-2-7(10)6-12-8/h2-3,6H,4-5,10H2,1H3,(H,11,12)(H,14,15). The molecule has 0 unspecified atom stereocenters. The van der Waals surface area contributed by atoms with Gasteiger partial charge >= 0.3 is 6.09 Å². The number of carboxylic acid groups (broad SMARTS) is 1. The lowest BCUT2D eigenvalue weighted by atomic mass is 10.4. The number of nitrogens with two attached hydrogens (primary N) is 1. The molecule has 1 amide bonds. The summed E-state index contributed by atoms with van der Waals surface area (Å²) in [5.41, 5.74) is 6.07. The molecule has 6 nitrogen and oxygen atoms in total. The Morgan fingerprint density at radius 1 is 1.67 bits per heavy atom. The van der Waals surface area contributed by atoms with Gasteiger partial charge in [0.1, 0.15) is 5.82 Å². The minimum atomic E-state index is -0.943. The second-order valence-electron chi connectivity index (χ2n) is 3.11. The molecule has 0 aliphatic rings. The van der Waals surface area contributed by atoms with Crippen LogP contribution < -0.4 is 11.1 Å². The van der Waals surface area contributed by atoms with Crippen molar-refractivity contribution < 1.29 is 9.90 Å². The van der Waals surface area contributed by atoms with E-state index >= 15 is 0 Å². The van der Waals surface area contributed by atoms with Crippen molar-refractivity contribution in [1.29, 1.82) is 0 Å². The summed E-state index contributed by atoms with van der Waals surface area (Å²) in [4.78, 5) is 15.7. The predicted molar refractivity (Wildman–Crippen MR) is 57.8 cm³/mol. The van der Waals surface area contributed by atoms with Gasteiger partial charge in [-0.2, -0.15) is 0 Å². The molecular formula is C9H14N4O2. The summed E-state index contributed by atoms with van der Waals surface area (Å²) in [6.07, 6.45) is 0.602. The van der Waals surface area contributed by atoms with Crippen molar-refractivity contribution in [2.75, 3.05) is 31.2 Å². The Kier molecular flexibility index (Phi) is 3.73. The third kappa shape index (κ3) is 3.72. The lowest BCUT2D eigenvalue weighted by Crippen LogP contribution is -2.29. The minimum absolute atomic E-state index is 0.404. The minimum Gasteiger partial charge on any atom is -0.465 e. The first-order valence-electron chi connectivity index (χ1n) is 4.49. The van der Waals surface area contributed by atoms with Gasteiger partial charge in [-0.25, -0.2) is 9.78 Å². The van der Waals surface area contributed by atoms with Crippen LogP contribution in [0.4, 0.5) is 16.3 Å². The molecule has 1 aromatic rings. The molecule has 82 valence electrons. The van der Waals surface area contributed by atoms with Crippen molar-refractivity contribution in [3.05, 3.63) is 18.3 Å². The highest BCUT2D eigenvalue weighted by Gasteiger charge is 2.03. The Hall–Kier alpha value is -1.98. The van der Waals surface area contributed by atoms with Gasteiger partial charge in [0.25, 0.3) is 0 Å². The molecule has 0 saturated carbocycles. The van der Waals surface area contributed by atoms with E-state index in [2.05, 4.69) is 10.3 Å². The van der Waals surface area contributed by atoms with E-state index in [-0.39, 0.29) is 0 Å². The fraction of sp³-hybridized carbons (Fsp3) is 0.333. The average molecular weight is 210 g/mol. The van der Waals surface area contributed by atoms with E-state index < -0.39 is 6.09 Å². The van der Waals surface area contributed by atoms with Crippen molar-refractivity contribution in [2.24, 2.45) is 0 Å². The highest BCUT2D eigenvalue weighted by molar-refractivity contribution is 5.64. The van der Waals surface area contributed by atoms with E-state index in [1.165, 1.54) is 11.9 Å². The molecule has 6 heteroatoms. The van der Waals surface area contributed by atoms with Gasteiger partial charge in [-0.05, 0) is 12.1 Å². The number of nitrogens with one attached hydrogen (secondary N) is 1. The van der Waals surface area contributed by atoms with Crippen LogP contribution in [0, 0.1) is 0 Å². The number of pyridine rings is 1. The number of anilines is 2. The summed E-state index contributed by atoms with van der Waals surface area (Å²) in [7, 11) is 1.51. The molecule has 0 aliphatic carbocycles. The molecule has 0 aliphatic heterocycles. The van der Waals surface area contributed by atoms with Crippen molar-refractivity contribution in [2.45, 2.75) is 0 Å². The summed E-state index contributed by atoms with van der Waals surface area (Å²) in [6, 6.07) is 3.48. The van der Waals surface area contributed by atoms with Crippen LogP contribution in [0.25, 0.3) is 0 Å². The maximum Gasteiger partial charge on any atom is 0.407 e. The number of hydrogen-bond donors (Lipinski definition) is 3. The zero-order valence-corrected chi connectivity index (χ0v) is 8.47. The summed E-state index contributed by atoms with van der Waals surface area (Å²) < 4.78 is 0. The van der Waals surface area contributed by atoms with Gasteiger partial charge in [-0.1, -0.05) is 0 Å². The van der Waals surface area contributed by atoms with Gasteiger partial charge in [0, 0.05) is 20.1 Å². The van der Waals surface area contributed by atoms with Crippen molar-refractivity contribution >= 4 is 17.6 Å².